The van der Waals surface area contributed by atoms with Gasteiger partial charge in [-0.3, -0.25) is 0 Å². The average molecular weight is 317 g/mol. The number of sulfonamides is 1. The Morgan fingerprint density at radius 2 is 1.41 bits per heavy atom. The van der Waals surface area contributed by atoms with Gasteiger partial charge >= 0.3 is 0 Å². The maximum Gasteiger partial charge on any atom is 0.241 e. The standard InChI is InChI=1S/C18H23NO2S/c1-12-11-13(2)15(4)18(14(12)3)22(20,21)19-16(5)17-9-7-6-8-10-17/h6-11,16,19H,1-5H3/t16-/m1/s1. The van der Waals surface area contributed by atoms with Crippen molar-refractivity contribution in [3.05, 3.63) is 64.2 Å². The lowest BCUT2D eigenvalue weighted by molar-refractivity contribution is 0.565. The van der Waals surface area contributed by atoms with Gasteiger partial charge in [-0.15, -0.1) is 0 Å². The van der Waals surface area contributed by atoms with Gasteiger partial charge in [-0.1, -0.05) is 36.4 Å². The lowest BCUT2D eigenvalue weighted by Gasteiger charge is -2.19. The average Bonchev–Trinajstić information content (AvgIpc) is 2.45. The highest BCUT2D eigenvalue weighted by molar-refractivity contribution is 7.89. The van der Waals surface area contributed by atoms with E-state index in [4.69, 9.17) is 0 Å². The lowest BCUT2D eigenvalue weighted by atomic mass is 10.0. The Balaban J connectivity index is 2.44. The van der Waals surface area contributed by atoms with E-state index in [1.807, 2.05) is 71.0 Å². The second-order valence-electron chi connectivity index (χ2n) is 5.84. The number of nitrogens with one attached hydrogen (secondary N) is 1. The number of hydrogen-bond donors (Lipinski definition) is 1. The molecular formula is C18H23NO2S. The van der Waals surface area contributed by atoms with E-state index in [0.29, 0.717) is 4.90 Å². The Hall–Kier alpha value is -1.65. The van der Waals surface area contributed by atoms with E-state index in [9.17, 15) is 8.42 Å². The summed E-state index contributed by atoms with van der Waals surface area (Å²) in [5.41, 5.74) is 4.57. The fourth-order valence-electron chi connectivity index (χ4n) is 2.69. The van der Waals surface area contributed by atoms with E-state index >= 15 is 0 Å². The minimum absolute atomic E-state index is 0.272. The molecule has 0 aliphatic rings. The molecule has 0 heterocycles. The highest BCUT2D eigenvalue weighted by Crippen LogP contribution is 2.27. The van der Waals surface area contributed by atoms with Crippen molar-refractivity contribution in [2.45, 2.75) is 45.6 Å². The zero-order chi connectivity index (χ0) is 16.5. The van der Waals surface area contributed by atoms with Crippen LogP contribution in [0.4, 0.5) is 0 Å². The Morgan fingerprint density at radius 1 is 0.909 bits per heavy atom. The van der Waals surface area contributed by atoms with Gasteiger partial charge in [0.2, 0.25) is 10.0 Å². The zero-order valence-electron chi connectivity index (χ0n) is 13.8. The Labute approximate surface area is 133 Å². The number of benzene rings is 2. The molecule has 0 unspecified atom stereocenters. The molecule has 1 N–H and O–H groups in total. The molecule has 0 spiro atoms. The van der Waals surface area contributed by atoms with Crippen LogP contribution in [0.2, 0.25) is 0 Å². The summed E-state index contributed by atoms with van der Waals surface area (Å²) in [6.45, 7) is 9.48. The summed E-state index contributed by atoms with van der Waals surface area (Å²) >= 11 is 0. The molecular weight excluding hydrogens is 294 g/mol. The first-order valence-electron chi connectivity index (χ1n) is 7.38. The number of rotatable bonds is 4. The van der Waals surface area contributed by atoms with Crippen molar-refractivity contribution in [3.8, 4) is 0 Å². The molecule has 2 rings (SSSR count). The summed E-state index contributed by atoms with van der Waals surface area (Å²) in [4.78, 5) is 0.410. The summed E-state index contributed by atoms with van der Waals surface area (Å²) in [6.07, 6.45) is 0. The minimum Gasteiger partial charge on any atom is -0.207 e. The summed E-state index contributed by atoms with van der Waals surface area (Å²) in [6, 6.07) is 11.3. The van der Waals surface area contributed by atoms with Gasteiger partial charge < -0.3 is 0 Å². The third-order valence-electron chi connectivity index (χ3n) is 4.20. The molecule has 2 aromatic carbocycles. The summed E-state index contributed by atoms with van der Waals surface area (Å²) in [5.74, 6) is 0. The molecule has 22 heavy (non-hydrogen) atoms. The molecule has 0 aromatic heterocycles. The smallest absolute Gasteiger partial charge is 0.207 e. The molecule has 0 saturated heterocycles. The first-order valence-corrected chi connectivity index (χ1v) is 8.87. The predicted octanol–water partition coefficient (Wildman–Crippen LogP) is 3.96. The van der Waals surface area contributed by atoms with E-state index in [2.05, 4.69) is 4.72 Å². The molecule has 2 aromatic rings. The first kappa shape index (κ1) is 16.7. The van der Waals surface area contributed by atoms with Crippen LogP contribution in [0.25, 0.3) is 0 Å². The quantitative estimate of drug-likeness (QED) is 0.928. The maximum atomic E-state index is 12.9. The molecule has 0 radical (unpaired) electrons. The van der Waals surface area contributed by atoms with Gasteiger partial charge in [-0.25, -0.2) is 13.1 Å². The fraction of sp³-hybridized carbons (Fsp3) is 0.333. The van der Waals surface area contributed by atoms with Crippen LogP contribution in [0.15, 0.2) is 41.3 Å². The molecule has 0 fully saturated rings. The van der Waals surface area contributed by atoms with Gasteiger partial charge in [0, 0.05) is 6.04 Å². The van der Waals surface area contributed by atoms with Crippen molar-refractivity contribution >= 4 is 10.0 Å². The molecule has 0 saturated carbocycles. The van der Waals surface area contributed by atoms with Crippen molar-refractivity contribution in [3.63, 3.8) is 0 Å². The maximum absolute atomic E-state index is 12.9. The van der Waals surface area contributed by atoms with Crippen molar-refractivity contribution in [1.29, 1.82) is 0 Å². The normalized spacial score (nSPS) is 13.1. The zero-order valence-corrected chi connectivity index (χ0v) is 14.6. The van der Waals surface area contributed by atoms with E-state index in [-0.39, 0.29) is 6.04 Å². The fourth-order valence-corrected chi connectivity index (χ4v) is 4.53. The van der Waals surface area contributed by atoms with Gasteiger partial charge in [0.1, 0.15) is 0 Å². The molecule has 0 aliphatic carbocycles. The molecule has 118 valence electrons. The highest BCUT2D eigenvalue weighted by atomic mass is 32.2. The van der Waals surface area contributed by atoms with E-state index in [1.165, 1.54) is 0 Å². The largest absolute Gasteiger partial charge is 0.241 e. The van der Waals surface area contributed by atoms with Crippen LogP contribution in [0.5, 0.6) is 0 Å². The van der Waals surface area contributed by atoms with Crippen LogP contribution in [0.1, 0.15) is 40.8 Å². The Kier molecular flexibility index (Phi) is 4.73. The van der Waals surface area contributed by atoms with Crippen molar-refractivity contribution in [2.75, 3.05) is 0 Å². The molecule has 4 heteroatoms. The van der Waals surface area contributed by atoms with Crippen LogP contribution in [-0.4, -0.2) is 8.42 Å². The molecule has 0 aliphatic heterocycles. The minimum atomic E-state index is -3.56. The van der Waals surface area contributed by atoms with Crippen molar-refractivity contribution < 1.29 is 8.42 Å². The highest BCUT2D eigenvalue weighted by Gasteiger charge is 2.24. The topological polar surface area (TPSA) is 46.2 Å². The number of aryl methyl sites for hydroxylation is 2. The van der Waals surface area contributed by atoms with Gasteiger partial charge in [0.15, 0.2) is 0 Å². The Bertz CT molecular complexity index is 754. The number of hydrogen-bond acceptors (Lipinski definition) is 2. The predicted molar refractivity (Wildman–Crippen MR) is 90.6 cm³/mol. The third-order valence-corrected chi connectivity index (χ3v) is 6.01. The van der Waals surface area contributed by atoms with E-state index in [0.717, 1.165) is 27.8 Å². The van der Waals surface area contributed by atoms with Crippen LogP contribution in [-0.2, 0) is 10.0 Å². The van der Waals surface area contributed by atoms with Crippen LogP contribution in [0, 0.1) is 27.7 Å². The Morgan fingerprint density at radius 3 is 1.91 bits per heavy atom. The molecule has 3 nitrogen and oxygen atoms in total. The van der Waals surface area contributed by atoms with Crippen molar-refractivity contribution in [1.82, 2.24) is 4.72 Å². The third kappa shape index (κ3) is 3.23. The van der Waals surface area contributed by atoms with Gasteiger partial charge in [-0.2, -0.15) is 0 Å². The van der Waals surface area contributed by atoms with Gasteiger partial charge in [-0.05, 0) is 62.4 Å². The van der Waals surface area contributed by atoms with E-state index in [1.54, 1.807) is 0 Å². The second-order valence-corrected chi connectivity index (χ2v) is 7.49. The second kappa shape index (κ2) is 6.23. The van der Waals surface area contributed by atoms with E-state index < -0.39 is 10.0 Å². The SMILES string of the molecule is Cc1cc(C)c(C)c(S(=O)(=O)N[C@H](C)c2ccccc2)c1C. The lowest BCUT2D eigenvalue weighted by Crippen LogP contribution is -2.28. The van der Waals surface area contributed by atoms with Crippen LogP contribution < -0.4 is 4.72 Å². The molecule has 1 atom stereocenters. The first-order chi connectivity index (χ1) is 10.2. The van der Waals surface area contributed by atoms with Crippen LogP contribution in [0.3, 0.4) is 0 Å². The summed E-state index contributed by atoms with van der Waals surface area (Å²) in [7, 11) is -3.56. The van der Waals surface area contributed by atoms with Crippen LogP contribution >= 0.6 is 0 Å². The van der Waals surface area contributed by atoms with Gasteiger partial charge in [0.05, 0.1) is 4.90 Å². The summed E-state index contributed by atoms with van der Waals surface area (Å²) in [5, 5.41) is 0. The molecule has 0 amide bonds. The monoisotopic (exact) mass is 317 g/mol. The summed E-state index contributed by atoms with van der Waals surface area (Å²) < 4.78 is 28.5. The van der Waals surface area contributed by atoms with Gasteiger partial charge in [0.25, 0.3) is 0 Å². The van der Waals surface area contributed by atoms with Crippen molar-refractivity contribution in [2.24, 2.45) is 0 Å². The molecule has 0 bridgehead atoms.